The molecule has 0 aliphatic heterocycles. The molecule has 0 bridgehead atoms. The van der Waals surface area contributed by atoms with Crippen LogP contribution in [0.25, 0.3) is 82.8 Å². The van der Waals surface area contributed by atoms with Crippen LogP contribution in [0.1, 0.15) is 5.56 Å². The van der Waals surface area contributed by atoms with Crippen LogP contribution in [0.3, 0.4) is 0 Å². The molecule has 0 radical (unpaired) electrons. The minimum atomic E-state index is 0.0302. The van der Waals surface area contributed by atoms with Crippen LogP contribution in [0.5, 0.6) is 0 Å². The van der Waals surface area contributed by atoms with Crippen molar-refractivity contribution in [2.75, 3.05) is 4.90 Å². The first-order valence-electron chi connectivity index (χ1n) is 20.0. The number of aliphatic hydroxyl groups excluding tert-OH is 1. The molecule has 0 spiro atoms. The van der Waals surface area contributed by atoms with E-state index in [0.717, 1.165) is 83.5 Å². The maximum Gasteiger partial charge on any atom is 0.135 e. The van der Waals surface area contributed by atoms with Gasteiger partial charge in [0.25, 0.3) is 0 Å². The maximum absolute atomic E-state index is 9.64. The highest BCUT2D eigenvalue weighted by atomic mass is 16.3. The molecule has 0 saturated carbocycles. The Morgan fingerprint density at radius 1 is 0.373 bits per heavy atom. The highest BCUT2D eigenvalue weighted by Crippen LogP contribution is 2.40. The van der Waals surface area contributed by atoms with E-state index in [0.29, 0.717) is 0 Å². The normalized spacial score (nSPS) is 11.5. The van der Waals surface area contributed by atoms with Crippen LogP contribution in [0, 0.1) is 0 Å². The van der Waals surface area contributed by atoms with Crippen LogP contribution in [0.15, 0.2) is 217 Å². The van der Waals surface area contributed by atoms with Crippen molar-refractivity contribution in [1.29, 1.82) is 0 Å². The molecule has 0 amide bonds. The van der Waals surface area contributed by atoms with E-state index < -0.39 is 0 Å². The Bertz CT molecular complexity index is 3270. The summed E-state index contributed by atoms with van der Waals surface area (Å²) in [5.41, 5.74) is 16.3. The average molecular weight is 759 g/mol. The predicted molar refractivity (Wildman–Crippen MR) is 245 cm³/mol. The summed E-state index contributed by atoms with van der Waals surface area (Å²) in [4.78, 5) is 2.33. The molecule has 2 heterocycles. The van der Waals surface area contributed by atoms with Crippen molar-refractivity contribution in [3.05, 3.63) is 218 Å². The van der Waals surface area contributed by atoms with E-state index in [2.05, 4.69) is 198 Å². The number of fused-ring (bicyclic) bond motifs is 6. The SMILES string of the molecule is OCc1ccc(-n2c3ccccc3c3cc(-c4ccc(N(c5ccc(-c6ccccc6)cc5)c5ccc(-c6ccc7oc8ccccc8c7c6)cc5)cc4)ccc32)cc1. The molecule has 11 aromatic rings. The Morgan fingerprint density at radius 3 is 1.49 bits per heavy atom. The summed E-state index contributed by atoms with van der Waals surface area (Å²) in [6.07, 6.45) is 0. The van der Waals surface area contributed by atoms with Crippen LogP contribution in [0.4, 0.5) is 17.1 Å². The van der Waals surface area contributed by atoms with Gasteiger partial charge in [-0.05, 0) is 124 Å². The van der Waals surface area contributed by atoms with Gasteiger partial charge in [-0.1, -0.05) is 127 Å². The van der Waals surface area contributed by atoms with Crippen molar-refractivity contribution < 1.29 is 9.52 Å². The molecule has 1 N–H and O–H groups in total. The number of rotatable bonds is 8. The second kappa shape index (κ2) is 14.4. The number of furan rings is 1. The molecule has 0 unspecified atom stereocenters. The molecule has 0 saturated heterocycles. The van der Waals surface area contributed by atoms with E-state index in [1.165, 1.54) is 21.9 Å². The van der Waals surface area contributed by atoms with E-state index in [9.17, 15) is 5.11 Å². The molecular formula is C55H38N2O2. The number of aromatic nitrogens is 1. The smallest absolute Gasteiger partial charge is 0.135 e. The average Bonchev–Trinajstić information content (AvgIpc) is 3.85. The Morgan fingerprint density at radius 2 is 0.847 bits per heavy atom. The van der Waals surface area contributed by atoms with Gasteiger partial charge in [0.15, 0.2) is 0 Å². The number of benzene rings is 9. The summed E-state index contributed by atoms with van der Waals surface area (Å²) in [7, 11) is 0. The third kappa shape index (κ3) is 6.15. The van der Waals surface area contributed by atoms with Gasteiger partial charge in [0.2, 0.25) is 0 Å². The predicted octanol–water partition coefficient (Wildman–Crippen LogP) is 14.6. The minimum Gasteiger partial charge on any atom is -0.456 e. The second-order valence-electron chi connectivity index (χ2n) is 15.1. The fraction of sp³-hybridized carbons (Fsp3) is 0.0182. The lowest BCUT2D eigenvalue weighted by Crippen LogP contribution is -2.09. The molecule has 9 aromatic carbocycles. The number of hydrogen-bond donors (Lipinski definition) is 1. The molecule has 4 nitrogen and oxygen atoms in total. The van der Waals surface area contributed by atoms with Crippen molar-refractivity contribution in [3.63, 3.8) is 0 Å². The monoisotopic (exact) mass is 758 g/mol. The summed E-state index contributed by atoms with van der Waals surface area (Å²) in [6, 6.07) is 75.3. The van der Waals surface area contributed by atoms with Gasteiger partial charge >= 0.3 is 0 Å². The largest absolute Gasteiger partial charge is 0.456 e. The highest BCUT2D eigenvalue weighted by Gasteiger charge is 2.17. The van der Waals surface area contributed by atoms with E-state index >= 15 is 0 Å². The number of para-hydroxylation sites is 2. The van der Waals surface area contributed by atoms with Crippen LogP contribution in [0.2, 0.25) is 0 Å². The van der Waals surface area contributed by atoms with Crippen molar-refractivity contribution in [3.8, 4) is 39.1 Å². The molecule has 2 aromatic heterocycles. The summed E-state index contributed by atoms with van der Waals surface area (Å²) < 4.78 is 8.42. The standard InChI is InChI=1S/C55H38N2O2/c58-36-37-14-24-47(25-15-37)57-52-12-6-4-10-48(52)50-34-42(22-32-53(50)57)40-18-28-45(29-19-40)56(44-26-16-39(17-27-44)38-8-2-1-3-9-38)46-30-20-41(21-31-46)43-23-33-55-51(35-43)49-11-5-7-13-54(49)59-55/h1-35,58H,36H2. The van der Waals surface area contributed by atoms with Gasteiger partial charge in [-0.25, -0.2) is 0 Å². The molecule has 280 valence electrons. The summed E-state index contributed by atoms with van der Waals surface area (Å²) >= 11 is 0. The molecular weight excluding hydrogens is 721 g/mol. The van der Waals surface area contributed by atoms with E-state index in [1.54, 1.807) is 0 Å². The van der Waals surface area contributed by atoms with Crippen molar-refractivity contribution in [2.45, 2.75) is 6.61 Å². The van der Waals surface area contributed by atoms with Gasteiger partial charge in [-0.3, -0.25) is 0 Å². The van der Waals surface area contributed by atoms with Gasteiger partial charge in [0.1, 0.15) is 11.2 Å². The van der Waals surface area contributed by atoms with Gasteiger partial charge in [0, 0.05) is 44.3 Å². The Kier molecular flexibility index (Phi) is 8.42. The van der Waals surface area contributed by atoms with Crippen LogP contribution in [-0.2, 0) is 6.61 Å². The lowest BCUT2D eigenvalue weighted by atomic mass is 10.0. The lowest BCUT2D eigenvalue weighted by molar-refractivity contribution is 0.282. The lowest BCUT2D eigenvalue weighted by Gasteiger charge is -2.26. The fourth-order valence-electron chi connectivity index (χ4n) is 8.57. The minimum absolute atomic E-state index is 0.0302. The zero-order valence-corrected chi connectivity index (χ0v) is 32.2. The zero-order chi connectivity index (χ0) is 39.3. The van der Waals surface area contributed by atoms with Gasteiger partial charge in [-0.15, -0.1) is 0 Å². The molecule has 0 fully saturated rings. The van der Waals surface area contributed by atoms with Gasteiger partial charge in [0.05, 0.1) is 17.6 Å². The van der Waals surface area contributed by atoms with Gasteiger partial charge < -0.3 is 19.0 Å². The third-order valence-electron chi connectivity index (χ3n) is 11.6. The number of aliphatic hydroxyl groups is 1. The maximum atomic E-state index is 9.64. The summed E-state index contributed by atoms with van der Waals surface area (Å²) in [6.45, 7) is 0.0302. The van der Waals surface area contributed by atoms with Crippen LogP contribution >= 0.6 is 0 Å². The zero-order valence-electron chi connectivity index (χ0n) is 32.2. The van der Waals surface area contributed by atoms with Crippen molar-refractivity contribution in [1.82, 2.24) is 4.57 Å². The topological polar surface area (TPSA) is 41.5 Å². The van der Waals surface area contributed by atoms with Crippen molar-refractivity contribution in [2.24, 2.45) is 0 Å². The van der Waals surface area contributed by atoms with E-state index in [4.69, 9.17) is 4.42 Å². The molecule has 59 heavy (non-hydrogen) atoms. The number of hydrogen-bond acceptors (Lipinski definition) is 3. The van der Waals surface area contributed by atoms with E-state index in [1.807, 2.05) is 24.3 Å². The highest BCUT2D eigenvalue weighted by molar-refractivity contribution is 6.10. The molecule has 11 rings (SSSR count). The quantitative estimate of drug-likeness (QED) is 0.168. The fourth-order valence-corrected chi connectivity index (χ4v) is 8.57. The van der Waals surface area contributed by atoms with Crippen molar-refractivity contribution >= 4 is 60.8 Å². The Hall–Kier alpha value is -7.66. The van der Waals surface area contributed by atoms with Gasteiger partial charge in [-0.2, -0.15) is 0 Å². The third-order valence-corrected chi connectivity index (χ3v) is 11.6. The molecule has 0 aliphatic carbocycles. The number of nitrogens with zero attached hydrogens (tertiary/aromatic N) is 2. The Labute approximate surface area is 342 Å². The first-order chi connectivity index (χ1) is 29.2. The van der Waals surface area contributed by atoms with Crippen LogP contribution < -0.4 is 4.90 Å². The van der Waals surface area contributed by atoms with Crippen LogP contribution in [-0.4, -0.2) is 9.67 Å². The molecule has 0 aliphatic rings. The summed E-state index contributed by atoms with van der Waals surface area (Å²) in [5.74, 6) is 0. The first kappa shape index (κ1) is 34.6. The first-order valence-corrected chi connectivity index (χ1v) is 20.0. The molecule has 0 atom stereocenters. The summed E-state index contributed by atoms with van der Waals surface area (Å²) in [5, 5.41) is 14.3. The second-order valence-corrected chi connectivity index (χ2v) is 15.1. The molecule has 4 heteroatoms. The number of anilines is 3. The van der Waals surface area contributed by atoms with E-state index in [-0.39, 0.29) is 6.61 Å². The Balaban J connectivity index is 0.963.